The van der Waals surface area contributed by atoms with Crippen LogP contribution in [0.15, 0.2) is 30.3 Å². The van der Waals surface area contributed by atoms with Gasteiger partial charge in [0, 0.05) is 0 Å². The molecule has 4 nitrogen and oxygen atoms in total. The summed E-state index contributed by atoms with van der Waals surface area (Å²) in [5.41, 5.74) is 0.246. The van der Waals surface area contributed by atoms with E-state index in [4.69, 9.17) is 9.84 Å². The lowest BCUT2D eigenvalue weighted by Crippen LogP contribution is -2.33. The van der Waals surface area contributed by atoms with Gasteiger partial charge in [0.05, 0.1) is 0 Å². The highest BCUT2D eigenvalue weighted by Gasteiger charge is 2.35. The molecule has 0 amide bonds. The van der Waals surface area contributed by atoms with E-state index in [9.17, 15) is 9.59 Å². The van der Waals surface area contributed by atoms with Crippen LogP contribution in [0.4, 0.5) is 0 Å². The molecule has 0 spiro atoms. The summed E-state index contributed by atoms with van der Waals surface area (Å²) in [5, 5.41) is 8.80. The first-order valence-corrected chi connectivity index (χ1v) is 8.03. The van der Waals surface area contributed by atoms with E-state index in [0.717, 1.165) is 44.1 Å². The second-order valence-electron chi connectivity index (χ2n) is 5.61. The maximum absolute atomic E-state index is 12.0. The average molecular weight is 306 g/mol. The summed E-state index contributed by atoms with van der Waals surface area (Å²) in [4.78, 5) is 22.7. The van der Waals surface area contributed by atoms with E-state index in [2.05, 4.69) is 13.8 Å². The van der Waals surface area contributed by atoms with Gasteiger partial charge in [-0.3, -0.25) is 9.59 Å². The third-order valence-corrected chi connectivity index (χ3v) is 3.77. The van der Waals surface area contributed by atoms with E-state index in [1.165, 1.54) is 0 Å². The smallest absolute Gasteiger partial charge is 0.318 e. The number of benzene rings is 1. The highest BCUT2D eigenvalue weighted by molar-refractivity contribution is 5.90. The van der Waals surface area contributed by atoms with Gasteiger partial charge in [-0.15, -0.1) is 0 Å². The number of esters is 1. The van der Waals surface area contributed by atoms with Crippen LogP contribution in [0, 0.1) is 0 Å². The van der Waals surface area contributed by atoms with Gasteiger partial charge in [0.25, 0.3) is 0 Å². The van der Waals surface area contributed by atoms with Gasteiger partial charge in [-0.05, 0) is 31.2 Å². The third-order valence-electron chi connectivity index (χ3n) is 3.77. The zero-order valence-electron chi connectivity index (χ0n) is 13.5. The van der Waals surface area contributed by atoms with Crippen molar-refractivity contribution in [1.82, 2.24) is 0 Å². The molecule has 0 unspecified atom stereocenters. The number of ether oxygens (including phenoxy) is 1. The minimum atomic E-state index is -1.15. The largest absolute Gasteiger partial charge is 0.481 e. The second-order valence-corrected chi connectivity index (χ2v) is 5.61. The fourth-order valence-corrected chi connectivity index (χ4v) is 2.62. The van der Waals surface area contributed by atoms with E-state index >= 15 is 0 Å². The summed E-state index contributed by atoms with van der Waals surface area (Å²) in [5.74, 6) is -1.82. The first kappa shape index (κ1) is 18.2. The monoisotopic (exact) mass is 306 g/mol. The number of unbranched alkanes of at least 4 members (excludes halogenated alkanes) is 2. The SMILES string of the molecule is CCCCC(CCCC)(OC(=O)CC(=O)O)c1ccccc1. The standard InChI is InChI=1S/C18H26O4/c1-3-5-12-18(13-6-4-2,15-10-8-7-9-11-15)22-17(21)14-16(19)20/h7-11H,3-6,12-14H2,1-2H3,(H,19,20). The Morgan fingerprint density at radius 2 is 1.59 bits per heavy atom. The summed E-state index contributed by atoms with van der Waals surface area (Å²) in [6.07, 6.45) is 4.71. The van der Waals surface area contributed by atoms with Crippen molar-refractivity contribution in [2.75, 3.05) is 0 Å². The highest BCUT2D eigenvalue weighted by atomic mass is 16.6. The van der Waals surface area contributed by atoms with Crippen LogP contribution < -0.4 is 0 Å². The molecule has 0 fully saturated rings. The first-order chi connectivity index (χ1) is 10.5. The Kier molecular flexibility index (Phi) is 7.64. The van der Waals surface area contributed by atoms with Gasteiger partial charge in [-0.25, -0.2) is 0 Å². The third kappa shape index (κ3) is 5.51. The number of carbonyl (C=O) groups excluding carboxylic acids is 1. The molecule has 4 heteroatoms. The minimum absolute atomic E-state index is 0.590. The topological polar surface area (TPSA) is 63.6 Å². The van der Waals surface area contributed by atoms with E-state index in [1.54, 1.807) is 0 Å². The van der Waals surface area contributed by atoms with Crippen molar-refractivity contribution in [3.05, 3.63) is 35.9 Å². The molecule has 0 aliphatic heterocycles. The molecule has 22 heavy (non-hydrogen) atoms. The molecule has 0 heterocycles. The number of aliphatic carboxylic acids is 1. The lowest BCUT2D eigenvalue weighted by atomic mass is 9.83. The molecule has 122 valence electrons. The van der Waals surface area contributed by atoms with Crippen LogP contribution in [-0.2, 0) is 19.9 Å². The normalized spacial score (nSPS) is 11.2. The molecule has 1 N–H and O–H groups in total. The maximum Gasteiger partial charge on any atom is 0.318 e. The molecule has 0 bridgehead atoms. The molecule has 0 atom stereocenters. The van der Waals surface area contributed by atoms with Crippen LogP contribution in [0.2, 0.25) is 0 Å². The van der Waals surface area contributed by atoms with Crippen molar-refractivity contribution in [3.63, 3.8) is 0 Å². The Morgan fingerprint density at radius 1 is 1.05 bits per heavy atom. The summed E-state index contributed by atoms with van der Waals surface area (Å²) < 4.78 is 5.72. The predicted molar refractivity (Wildman–Crippen MR) is 85.5 cm³/mol. The van der Waals surface area contributed by atoms with E-state index in [-0.39, 0.29) is 0 Å². The van der Waals surface area contributed by atoms with Gasteiger partial charge >= 0.3 is 11.9 Å². The van der Waals surface area contributed by atoms with Crippen LogP contribution in [0.5, 0.6) is 0 Å². The Hall–Kier alpha value is -1.84. The molecule has 1 aromatic carbocycles. The number of hydrogen-bond donors (Lipinski definition) is 1. The molecule has 0 aliphatic carbocycles. The van der Waals surface area contributed by atoms with Gasteiger partial charge in [0.2, 0.25) is 0 Å². The Labute approximate surface area is 132 Å². The number of carboxylic acid groups (broad SMARTS) is 1. The number of carbonyl (C=O) groups is 2. The average Bonchev–Trinajstić information content (AvgIpc) is 2.50. The molecule has 0 aromatic heterocycles. The van der Waals surface area contributed by atoms with Crippen LogP contribution in [0.3, 0.4) is 0 Å². The van der Waals surface area contributed by atoms with Crippen molar-refractivity contribution in [2.24, 2.45) is 0 Å². The van der Waals surface area contributed by atoms with Crippen molar-refractivity contribution >= 4 is 11.9 Å². The molecule has 0 saturated carbocycles. The highest BCUT2D eigenvalue weighted by Crippen LogP contribution is 2.37. The zero-order chi connectivity index (χ0) is 16.4. The van der Waals surface area contributed by atoms with Gasteiger partial charge < -0.3 is 9.84 Å². The number of rotatable bonds is 10. The van der Waals surface area contributed by atoms with Gasteiger partial charge in [0.15, 0.2) is 0 Å². The fourth-order valence-electron chi connectivity index (χ4n) is 2.62. The molecule has 0 saturated heterocycles. The van der Waals surface area contributed by atoms with Crippen molar-refractivity contribution < 1.29 is 19.4 Å². The molecule has 1 rings (SSSR count). The van der Waals surface area contributed by atoms with Crippen molar-refractivity contribution in [3.8, 4) is 0 Å². The Morgan fingerprint density at radius 3 is 2.05 bits per heavy atom. The quantitative estimate of drug-likeness (QED) is 0.517. The van der Waals surface area contributed by atoms with Gasteiger partial charge in [0.1, 0.15) is 12.0 Å². The predicted octanol–water partition coefficient (Wildman–Crippen LogP) is 4.28. The molecular weight excluding hydrogens is 280 g/mol. The van der Waals surface area contributed by atoms with E-state index in [1.807, 2.05) is 30.3 Å². The van der Waals surface area contributed by atoms with Crippen LogP contribution in [-0.4, -0.2) is 17.0 Å². The van der Waals surface area contributed by atoms with Crippen LogP contribution in [0.1, 0.15) is 64.4 Å². The van der Waals surface area contributed by atoms with E-state index in [0.29, 0.717) is 0 Å². The number of carboxylic acids is 1. The number of hydrogen-bond acceptors (Lipinski definition) is 3. The van der Waals surface area contributed by atoms with Gasteiger partial charge in [-0.2, -0.15) is 0 Å². The molecule has 1 aromatic rings. The summed E-state index contributed by atoms with van der Waals surface area (Å²) in [6, 6.07) is 9.69. The van der Waals surface area contributed by atoms with E-state index < -0.39 is 24.0 Å². The molecule has 0 radical (unpaired) electrons. The lowest BCUT2D eigenvalue weighted by Gasteiger charge is -2.34. The molecular formula is C18H26O4. The lowest BCUT2D eigenvalue weighted by molar-refractivity contribution is -0.167. The zero-order valence-corrected chi connectivity index (χ0v) is 13.5. The van der Waals surface area contributed by atoms with Gasteiger partial charge in [-0.1, -0.05) is 57.0 Å². The Bertz CT molecular complexity index is 459. The maximum atomic E-state index is 12.0. The van der Waals surface area contributed by atoms with Crippen LogP contribution >= 0.6 is 0 Å². The molecule has 0 aliphatic rings. The summed E-state index contributed by atoms with van der Waals surface area (Å²) >= 11 is 0. The minimum Gasteiger partial charge on any atom is -0.481 e. The van der Waals surface area contributed by atoms with Crippen molar-refractivity contribution in [2.45, 2.75) is 64.4 Å². The second kappa shape index (κ2) is 9.23. The fraction of sp³-hybridized carbons (Fsp3) is 0.556. The van der Waals surface area contributed by atoms with Crippen molar-refractivity contribution in [1.29, 1.82) is 0 Å². The first-order valence-electron chi connectivity index (χ1n) is 8.03. The Balaban J connectivity index is 3.07. The summed E-state index contributed by atoms with van der Waals surface area (Å²) in [6.45, 7) is 4.18. The van der Waals surface area contributed by atoms with Crippen LogP contribution in [0.25, 0.3) is 0 Å². The summed E-state index contributed by atoms with van der Waals surface area (Å²) in [7, 11) is 0.